The lowest BCUT2D eigenvalue weighted by atomic mass is 10.1. The number of hydrogen-bond donors (Lipinski definition) is 1. The van der Waals surface area contributed by atoms with E-state index in [1.807, 2.05) is 43.7 Å². The SMILES string of the molecule is Cc1cccc2c(C(=O)O)c(C)n(C)c12. The predicted octanol–water partition coefficient (Wildman–Crippen LogP) is 2.49. The lowest BCUT2D eigenvalue weighted by Gasteiger charge is -2.01. The molecule has 0 unspecified atom stereocenters. The molecule has 0 amide bonds. The zero-order valence-electron chi connectivity index (χ0n) is 9.03. The third kappa shape index (κ3) is 1.23. The van der Waals surface area contributed by atoms with Crippen LogP contribution in [0.4, 0.5) is 0 Å². The first-order chi connectivity index (χ1) is 7.04. The Kier molecular flexibility index (Phi) is 2.03. The summed E-state index contributed by atoms with van der Waals surface area (Å²) >= 11 is 0. The van der Waals surface area contributed by atoms with Crippen molar-refractivity contribution in [3.8, 4) is 0 Å². The van der Waals surface area contributed by atoms with Gasteiger partial charge >= 0.3 is 5.97 Å². The van der Waals surface area contributed by atoms with E-state index in [1.54, 1.807) is 0 Å². The minimum absolute atomic E-state index is 0.413. The molecule has 0 saturated heterocycles. The van der Waals surface area contributed by atoms with Crippen LogP contribution in [0, 0.1) is 13.8 Å². The van der Waals surface area contributed by atoms with Gasteiger partial charge in [-0.05, 0) is 19.4 Å². The molecule has 0 aliphatic carbocycles. The van der Waals surface area contributed by atoms with Crippen LogP contribution in [0.5, 0.6) is 0 Å². The van der Waals surface area contributed by atoms with E-state index in [9.17, 15) is 4.79 Å². The number of nitrogens with zero attached hydrogens (tertiary/aromatic N) is 1. The number of hydrogen-bond acceptors (Lipinski definition) is 1. The Bertz CT molecular complexity index is 552. The van der Waals surface area contributed by atoms with Crippen LogP contribution >= 0.6 is 0 Å². The molecule has 0 saturated carbocycles. The zero-order valence-corrected chi connectivity index (χ0v) is 9.03. The molecule has 1 aromatic carbocycles. The van der Waals surface area contributed by atoms with Crippen molar-refractivity contribution >= 4 is 16.9 Å². The van der Waals surface area contributed by atoms with Gasteiger partial charge in [-0.15, -0.1) is 0 Å². The monoisotopic (exact) mass is 203 g/mol. The maximum Gasteiger partial charge on any atom is 0.338 e. The topological polar surface area (TPSA) is 42.2 Å². The molecule has 1 aromatic heterocycles. The molecular formula is C12H13NO2. The summed E-state index contributed by atoms with van der Waals surface area (Å²) in [5, 5.41) is 9.98. The summed E-state index contributed by atoms with van der Waals surface area (Å²) in [6.45, 7) is 3.83. The van der Waals surface area contributed by atoms with Gasteiger partial charge in [0.05, 0.1) is 11.1 Å². The first-order valence-electron chi connectivity index (χ1n) is 4.82. The molecule has 1 N–H and O–H groups in total. The van der Waals surface area contributed by atoms with E-state index in [4.69, 9.17) is 5.11 Å². The predicted molar refractivity (Wildman–Crippen MR) is 59.4 cm³/mol. The van der Waals surface area contributed by atoms with Gasteiger partial charge in [-0.3, -0.25) is 0 Å². The highest BCUT2D eigenvalue weighted by molar-refractivity contribution is 6.05. The maximum atomic E-state index is 11.1. The standard InChI is InChI=1S/C12H13NO2/c1-7-5-4-6-9-10(12(14)15)8(2)13(3)11(7)9/h4-6H,1-3H3,(H,14,15). The Morgan fingerprint density at radius 1 is 1.33 bits per heavy atom. The number of aryl methyl sites for hydroxylation is 2. The summed E-state index contributed by atoms with van der Waals surface area (Å²) in [6, 6.07) is 5.75. The normalized spacial score (nSPS) is 10.9. The van der Waals surface area contributed by atoms with Crippen molar-refractivity contribution in [1.29, 1.82) is 0 Å². The average molecular weight is 203 g/mol. The van der Waals surface area contributed by atoms with E-state index >= 15 is 0 Å². The number of aromatic nitrogens is 1. The molecule has 2 aromatic rings. The maximum absolute atomic E-state index is 11.1. The van der Waals surface area contributed by atoms with E-state index < -0.39 is 5.97 Å². The Labute approximate surface area is 87.9 Å². The molecule has 0 fully saturated rings. The molecule has 0 aliphatic rings. The van der Waals surface area contributed by atoms with Crippen LogP contribution in [0.2, 0.25) is 0 Å². The highest BCUT2D eigenvalue weighted by atomic mass is 16.4. The Hall–Kier alpha value is -1.77. The molecular weight excluding hydrogens is 190 g/mol. The van der Waals surface area contributed by atoms with Gasteiger partial charge in [0.25, 0.3) is 0 Å². The fourth-order valence-corrected chi connectivity index (χ4v) is 2.11. The van der Waals surface area contributed by atoms with Crippen LogP contribution in [0.3, 0.4) is 0 Å². The second kappa shape index (κ2) is 3.12. The Balaban J connectivity index is 3.00. The summed E-state index contributed by atoms with van der Waals surface area (Å²) < 4.78 is 1.94. The van der Waals surface area contributed by atoms with E-state index in [0.717, 1.165) is 22.2 Å². The van der Waals surface area contributed by atoms with Gasteiger partial charge in [0.2, 0.25) is 0 Å². The van der Waals surface area contributed by atoms with Gasteiger partial charge in [-0.2, -0.15) is 0 Å². The molecule has 78 valence electrons. The summed E-state index contributed by atoms with van der Waals surface area (Å²) in [6.07, 6.45) is 0. The molecule has 1 heterocycles. The van der Waals surface area contributed by atoms with Crippen LogP contribution in [0.1, 0.15) is 21.6 Å². The van der Waals surface area contributed by atoms with E-state index in [1.165, 1.54) is 0 Å². The second-order valence-electron chi connectivity index (χ2n) is 3.80. The number of rotatable bonds is 1. The van der Waals surface area contributed by atoms with Crippen molar-refractivity contribution in [1.82, 2.24) is 4.57 Å². The van der Waals surface area contributed by atoms with Crippen LogP contribution in [-0.4, -0.2) is 15.6 Å². The molecule has 3 nitrogen and oxygen atoms in total. The molecule has 0 bridgehead atoms. The summed E-state index contributed by atoms with van der Waals surface area (Å²) in [4.78, 5) is 11.1. The molecule has 0 aliphatic heterocycles. The number of fused-ring (bicyclic) bond motifs is 1. The molecule has 15 heavy (non-hydrogen) atoms. The molecule has 0 spiro atoms. The highest BCUT2D eigenvalue weighted by Gasteiger charge is 2.17. The van der Waals surface area contributed by atoms with Crippen LogP contribution in [0.25, 0.3) is 10.9 Å². The number of benzene rings is 1. The molecule has 3 heteroatoms. The van der Waals surface area contributed by atoms with Crippen LogP contribution in [-0.2, 0) is 7.05 Å². The Morgan fingerprint density at radius 3 is 2.60 bits per heavy atom. The quantitative estimate of drug-likeness (QED) is 0.773. The van der Waals surface area contributed by atoms with Crippen molar-refractivity contribution in [2.45, 2.75) is 13.8 Å². The average Bonchev–Trinajstić information content (AvgIpc) is 2.41. The van der Waals surface area contributed by atoms with Gasteiger partial charge in [0.1, 0.15) is 0 Å². The van der Waals surface area contributed by atoms with Crippen LogP contribution < -0.4 is 0 Å². The fraction of sp³-hybridized carbons (Fsp3) is 0.250. The zero-order chi connectivity index (χ0) is 11.2. The van der Waals surface area contributed by atoms with Gasteiger partial charge in [-0.25, -0.2) is 4.79 Å². The number of carboxylic acids is 1. The first-order valence-corrected chi connectivity index (χ1v) is 4.82. The third-order valence-electron chi connectivity index (χ3n) is 2.92. The van der Waals surface area contributed by atoms with Crippen molar-refractivity contribution in [2.24, 2.45) is 7.05 Å². The number of carboxylic acid groups (broad SMARTS) is 1. The minimum Gasteiger partial charge on any atom is -0.478 e. The molecule has 0 radical (unpaired) electrons. The van der Waals surface area contributed by atoms with Crippen LogP contribution in [0.15, 0.2) is 18.2 Å². The molecule has 0 atom stereocenters. The summed E-state index contributed by atoms with van der Waals surface area (Å²) in [7, 11) is 1.90. The fourth-order valence-electron chi connectivity index (χ4n) is 2.11. The minimum atomic E-state index is -0.858. The third-order valence-corrected chi connectivity index (χ3v) is 2.92. The lowest BCUT2D eigenvalue weighted by Crippen LogP contribution is -1.99. The van der Waals surface area contributed by atoms with Crippen molar-refractivity contribution in [3.05, 3.63) is 35.0 Å². The molecule has 2 rings (SSSR count). The smallest absolute Gasteiger partial charge is 0.338 e. The van der Waals surface area contributed by atoms with E-state index in [2.05, 4.69) is 0 Å². The van der Waals surface area contributed by atoms with E-state index in [0.29, 0.717) is 5.56 Å². The lowest BCUT2D eigenvalue weighted by molar-refractivity contribution is 0.0698. The van der Waals surface area contributed by atoms with E-state index in [-0.39, 0.29) is 0 Å². The van der Waals surface area contributed by atoms with Gasteiger partial charge in [0.15, 0.2) is 0 Å². The van der Waals surface area contributed by atoms with Crippen molar-refractivity contribution < 1.29 is 9.90 Å². The number of para-hydroxylation sites is 1. The highest BCUT2D eigenvalue weighted by Crippen LogP contribution is 2.27. The van der Waals surface area contributed by atoms with Gasteiger partial charge < -0.3 is 9.67 Å². The van der Waals surface area contributed by atoms with Gasteiger partial charge in [-0.1, -0.05) is 18.2 Å². The van der Waals surface area contributed by atoms with Gasteiger partial charge in [0, 0.05) is 18.1 Å². The summed E-state index contributed by atoms with van der Waals surface area (Å²) in [5.41, 5.74) is 3.32. The largest absolute Gasteiger partial charge is 0.478 e. The summed E-state index contributed by atoms with van der Waals surface area (Å²) in [5.74, 6) is -0.858. The Morgan fingerprint density at radius 2 is 2.00 bits per heavy atom. The van der Waals surface area contributed by atoms with Crippen molar-refractivity contribution in [2.75, 3.05) is 0 Å². The first kappa shape index (κ1) is 9.77. The van der Waals surface area contributed by atoms with Crippen molar-refractivity contribution in [3.63, 3.8) is 0 Å². The number of aromatic carboxylic acids is 1. The second-order valence-corrected chi connectivity index (χ2v) is 3.80. The number of carbonyl (C=O) groups is 1.